The predicted octanol–water partition coefficient (Wildman–Crippen LogP) is 7.54. The summed E-state index contributed by atoms with van der Waals surface area (Å²) in [5.74, 6) is -1.05. The smallest absolute Gasteiger partial charge is 0.450 e. The van der Waals surface area contributed by atoms with Gasteiger partial charge in [-0.05, 0) is 53.8 Å². The number of amides is 1. The maximum atomic E-state index is 13.0. The average molecular weight is 556 g/mol. The quantitative estimate of drug-likeness (QED) is 0.196. The van der Waals surface area contributed by atoms with Crippen molar-refractivity contribution in [3.05, 3.63) is 95.6 Å². The van der Waals surface area contributed by atoms with E-state index in [2.05, 4.69) is 14.8 Å². The molecule has 0 saturated carbocycles. The van der Waals surface area contributed by atoms with Gasteiger partial charge in [-0.3, -0.25) is 0 Å². The minimum absolute atomic E-state index is 0.0913. The topological polar surface area (TPSA) is 56.8 Å². The molecule has 0 aromatic heterocycles. The molecule has 210 valence electrons. The molecule has 0 atom stereocenters. The van der Waals surface area contributed by atoms with Crippen LogP contribution in [0.5, 0.6) is 11.5 Å². The van der Waals surface area contributed by atoms with Gasteiger partial charge in [0.1, 0.15) is 11.5 Å². The summed E-state index contributed by atoms with van der Waals surface area (Å²) in [5, 5.41) is 2.65. The SMILES string of the molecule is CCCCOC(=O)NCC(Cc1ccccc1)(c1cccc(OC(F)(F)F)c1)c1cccc(OC(F)(F)F)c1. The number of rotatable bonds is 11. The van der Waals surface area contributed by atoms with Crippen LogP contribution in [0.1, 0.15) is 36.5 Å². The van der Waals surface area contributed by atoms with Gasteiger partial charge in [-0.15, -0.1) is 26.3 Å². The largest absolute Gasteiger partial charge is 0.573 e. The van der Waals surface area contributed by atoms with Gasteiger partial charge in [0.15, 0.2) is 0 Å². The van der Waals surface area contributed by atoms with E-state index in [1.54, 1.807) is 30.3 Å². The Bertz CT molecular complexity index is 1150. The third-order valence-corrected chi connectivity index (χ3v) is 5.85. The van der Waals surface area contributed by atoms with Crippen molar-refractivity contribution in [1.82, 2.24) is 5.32 Å². The van der Waals surface area contributed by atoms with Gasteiger partial charge in [-0.2, -0.15) is 0 Å². The van der Waals surface area contributed by atoms with E-state index in [1.165, 1.54) is 24.3 Å². The van der Waals surface area contributed by atoms with E-state index in [1.807, 2.05) is 6.92 Å². The second kappa shape index (κ2) is 12.8. The van der Waals surface area contributed by atoms with Crippen molar-refractivity contribution in [1.29, 1.82) is 0 Å². The van der Waals surface area contributed by atoms with Crippen LogP contribution in [0.25, 0.3) is 0 Å². The first-order valence-corrected chi connectivity index (χ1v) is 12.1. The zero-order valence-corrected chi connectivity index (χ0v) is 20.9. The first kappa shape index (κ1) is 29.7. The summed E-state index contributed by atoms with van der Waals surface area (Å²) < 4.78 is 91.6. The lowest BCUT2D eigenvalue weighted by Crippen LogP contribution is -2.43. The number of halogens is 6. The van der Waals surface area contributed by atoms with E-state index in [9.17, 15) is 31.1 Å². The summed E-state index contributed by atoms with van der Waals surface area (Å²) in [7, 11) is 0. The number of carbonyl (C=O) groups excluding carboxylic acids is 1. The van der Waals surface area contributed by atoms with Crippen LogP contribution in [0.4, 0.5) is 31.1 Å². The number of ether oxygens (including phenoxy) is 3. The maximum Gasteiger partial charge on any atom is 0.573 e. The van der Waals surface area contributed by atoms with E-state index in [0.717, 1.165) is 30.7 Å². The highest BCUT2D eigenvalue weighted by atomic mass is 19.4. The Kier molecular flexibility index (Phi) is 9.71. The molecule has 0 aliphatic heterocycles. The molecule has 3 aromatic carbocycles. The number of hydrogen-bond acceptors (Lipinski definition) is 4. The normalized spacial score (nSPS) is 12.1. The van der Waals surface area contributed by atoms with Crippen molar-refractivity contribution >= 4 is 6.09 Å². The Balaban J connectivity index is 2.16. The average Bonchev–Trinajstić information content (AvgIpc) is 2.85. The van der Waals surface area contributed by atoms with Gasteiger partial charge >= 0.3 is 18.8 Å². The molecule has 0 radical (unpaired) electrons. The summed E-state index contributed by atoms with van der Waals surface area (Å²) in [6.07, 6.45) is -9.22. The first-order valence-electron chi connectivity index (χ1n) is 12.1. The molecule has 0 spiro atoms. The molecule has 11 heteroatoms. The third kappa shape index (κ3) is 9.12. The van der Waals surface area contributed by atoms with Gasteiger partial charge in [0.25, 0.3) is 0 Å². The molecular formula is C28H27F6NO4. The van der Waals surface area contributed by atoms with Gasteiger partial charge in [-0.25, -0.2) is 4.79 Å². The summed E-state index contributed by atoms with van der Waals surface area (Å²) in [6.45, 7) is 1.84. The molecule has 3 rings (SSSR count). The van der Waals surface area contributed by atoms with Crippen molar-refractivity contribution < 1.29 is 45.3 Å². The predicted molar refractivity (Wildman–Crippen MR) is 131 cm³/mol. The van der Waals surface area contributed by atoms with Crippen molar-refractivity contribution in [2.24, 2.45) is 0 Å². The molecular weight excluding hydrogens is 528 g/mol. The fourth-order valence-electron chi connectivity index (χ4n) is 4.15. The molecule has 0 fully saturated rings. The van der Waals surface area contributed by atoms with E-state index in [4.69, 9.17) is 4.74 Å². The van der Waals surface area contributed by atoms with E-state index >= 15 is 0 Å². The van der Waals surface area contributed by atoms with Gasteiger partial charge in [0.05, 0.1) is 6.61 Å². The second-order valence-corrected chi connectivity index (χ2v) is 8.74. The zero-order chi connectivity index (χ0) is 28.5. The lowest BCUT2D eigenvalue weighted by Gasteiger charge is -2.36. The summed E-state index contributed by atoms with van der Waals surface area (Å²) in [5.41, 5.74) is -0.138. The van der Waals surface area contributed by atoms with Gasteiger partial charge in [-0.1, -0.05) is 67.9 Å². The van der Waals surface area contributed by atoms with Crippen LogP contribution in [0.3, 0.4) is 0 Å². The highest BCUT2D eigenvalue weighted by molar-refractivity contribution is 5.67. The van der Waals surface area contributed by atoms with Crippen LogP contribution in [-0.2, 0) is 16.6 Å². The molecule has 1 N–H and O–H groups in total. The number of benzene rings is 3. The minimum Gasteiger partial charge on any atom is -0.450 e. The number of alkyl halides is 6. The Morgan fingerprint density at radius 2 is 1.31 bits per heavy atom. The highest BCUT2D eigenvalue weighted by Crippen LogP contribution is 2.39. The molecule has 0 aliphatic rings. The Hall–Kier alpha value is -3.89. The summed E-state index contributed by atoms with van der Waals surface area (Å²) >= 11 is 0. The van der Waals surface area contributed by atoms with Crippen LogP contribution in [0, 0.1) is 0 Å². The Morgan fingerprint density at radius 1 is 0.769 bits per heavy atom. The van der Waals surface area contributed by atoms with Gasteiger partial charge < -0.3 is 19.5 Å². The van der Waals surface area contributed by atoms with E-state index < -0.39 is 35.7 Å². The second-order valence-electron chi connectivity index (χ2n) is 8.74. The van der Waals surface area contributed by atoms with Gasteiger partial charge in [0.2, 0.25) is 0 Å². The Labute approximate surface area is 221 Å². The minimum atomic E-state index is -4.97. The monoisotopic (exact) mass is 555 g/mol. The maximum absolute atomic E-state index is 13.0. The van der Waals surface area contributed by atoms with Crippen LogP contribution in [-0.4, -0.2) is 32.0 Å². The van der Waals surface area contributed by atoms with Crippen LogP contribution < -0.4 is 14.8 Å². The zero-order valence-electron chi connectivity index (χ0n) is 20.9. The molecule has 0 unspecified atom stereocenters. The van der Waals surface area contributed by atoms with Crippen molar-refractivity contribution in [2.45, 2.75) is 44.3 Å². The van der Waals surface area contributed by atoms with Crippen molar-refractivity contribution in [2.75, 3.05) is 13.2 Å². The van der Waals surface area contributed by atoms with Crippen molar-refractivity contribution in [3.63, 3.8) is 0 Å². The lowest BCUT2D eigenvalue weighted by atomic mass is 9.70. The lowest BCUT2D eigenvalue weighted by molar-refractivity contribution is -0.275. The van der Waals surface area contributed by atoms with Crippen molar-refractivity contribution in [3.8, 4) is 11.5 Å². The van der Waals surface area contributed by atoms with Crippen LogP contribution >= 0.6 is 0 Å². The van der Waals surface area contributed by atoms with Gasteiger partial charge in [0, 0.05) is 12.0 Å². The number of unbranched alkanes of at least 4 members (excludes halogenated alkanes) is 1. The molecule has 5 nitrogen and oxygen atoms in total. The van der Waals surface area contributed by atoms with E-state index in [0.29, 0.717) is 12.0 Å². The molecule has 0 aliphatic carbocycles. The number of hydrogen-bond donors (Lipinski definition) is 1. The highest BCUT2D eigenvalue weighted by Gasteiger charge is 2.38. The Morgan fingerprint density at radius 3 is 1.79 bits per heavy atom. The first-order chi connectivity index (χ1) is 18.4. The molecule has 0 bridgehead atoms. The van der Waals surface area contributed by atoms with E-state index in [-0.39, 0.29) is 30.7 Å². The number of alkyl carbamates (subject to hydrolysis) is 1. The van der Waals surface area contributed by atoms with Crippen LogP contribution in [0.15, 0.2) is 78.9 Å². The fourth-order valence-corrected chi connectivity index (χ4v) is 4.15. The molecule has 39 heavy (non-hydrogen) atoms. The molecule has 0 heterocycles. The molecule has 0 saturated heterocycles. The van der Waals surface area contributed by atoms with Crippen LogP contribution in [0.2, 0.25) is 0 Å². The third-order valence-electron chi connectivity index (χ3n) is 5.85. The standard InChI is InChI=1S/C28H27F6NO4/c1-2-3-15-37-25(36)35-19-26(18-20-9-5-4-6-10-20,21-11-7-13-23(16-21)38-27(29,30)31)22-12-8-14-24(17-22)39-28(32,33)34/h4-14,16-17H,2-3,15,18-19H2,1H3,(H,35,36). The summed E-state index contributed by atoms with van der Waals surface area (Å²) in [4.78, 5) is 12.5. The molecule has 3 aromatic rings. The number of carbonyl (C=O) groups is 1. The summed E-state index contributed by atoms with van der Waals surface area (Å²) in [6, 6.07) is 19.0. The molecule has 1 amide bonds. The fraction of sp³-hybridized carbons (Fsp3) is 0.321. The number of nitrogens with one attached hydrogen (secondary N) is 1.